The lowest BCUT2D eigenvalue weighted by Crippen LogP contribution is -2.34. The van der Waals surface area contributed by atoms with Crippen molar-refractivity contribution in [3.05, 3.63) is 53.6 Å². The molecule has 0 fully saturated rings. The number of anilines is 2. The second kappa shape index (κ2) is 6.51. The number of halogens is 2. The molecule has 0 radical (unpaired) electrons. The normalized spacial score (nSPS) is 14.8. The second-order valence-electron chi connectivity index (χ2n) is 5.96. The number of rotatable bonds is 4. The van der Waals surface area contributed by atoms with Gasteiger partial charge in [0.2, 0.25) is 10.0 Å². The molecule has 2 aromatic rings. The average Bonchev–Trinajstić information content (AvgIpc) is 2.52. The van der Waals surface area contributed by atoms with Gasteiger partial charge in [-0.3, -0.25) is 9.03 Å². The minimum absolute atomic E-state index is 0.0861. The van der Waals surface area contributed by atoms with Crippen molar-refractivity contribution in [2.45, 2.75) is 17.7 Å². The van der Waals surface area contributed by atoms with Crippen molar-refractivity contribution >= 4 is 31.4 Å². The molecule has 1 heterocycles. The average molecular weight is 402 g/mol. The lowest BCUT2D eigenvalue weighted by atomic mass is 10.0. The summed E-state index contributed by atoms with van der Waals surface area (Å²) in [6, 6.07) is 6.65. The number of sulfonamides is 2. The Morgan fingerprint density at radius 2 is 1.77 bits per heavy atom. The Balaban J connectivity index is 1.98. The molecule has 1 N–H and O–H groups in total. The Hall–Kier alpha value is -2.20. The Morgan fingerprint density at radius 3 is 2.42 bits per heavy atom. The van der Waals surface area contributed by atoms with Gasteiger partial charge in [0.15, 0.2) is 0 Å². The smallest absolute Gasteiger partial charge is 0.264 e. The Morgan fingerprint density at radius 1 is 1.04 bits per heavy atom. The van der Waals surface area contributed by atoms with Crippen molar-refractivity contribution in [3.8, 4) is 0 Å². The summed E-state index contributed by atoms with van der Waals surface area (Å²) in [4.78, 5) is -0.698. The minimum Gasteiger partial charge on any atom is -0.279 e. The van der Waals surface area contributed by atoms with Gasteiger partial charge in [-0.15, -0.1) is 0 Å². The van der Waals surface area contributed by atoms with Crippen molar-refractivity contribution in [2.75, 3.05) is 21.8 Å². The van der Waals surface area contributed by atoms with E-state index in [0.717, 1.165) is 24.0 Å². The molecule has 0 atom stereocenters. The van der Waals surface area contributed by atoms with Crippen molar-refractivity contribution in [3.63, 3.8) is 0 Å². The second-order valence-corrected chi connectivity index (χ2v) is 9.52. The minimum atomic E-state index is -4.30. The summed E-state index contributed by atoms with van der Waals surface area (Å²) < 4.78 is 78.8. The van der Waals surface area contributed by atoms with Crippen LogP contribution in [0.25, 0.3) is 0 Å². The molecule has 10 heteroatoms. The van der Waals surface area contributed by atoms with E-state index in [4.69, 9.17) is 0 Å². The number of hydrogen-bond acceptors (Lipinski definition) is 4. The fourth-order valence-corrected chi connectivity index (χ4v) is 4.95. The zero-order valence-corrected chi connectivity index (χ0v) is 15.4. The number of hydrogen-bond donors (Lipinski definition) is 1. The van der Waals surface area contributed by atoms with Crippen LogP contribution in [0.4, 0.5) is 20.2 Å². The monoisotopic (exact) mass is 402 g/mol. The number of nitrogens with zero attached hydrogens (tertiary/aromatic N) is 1. The number of benzene rings is 2. The molecule has 0 aliphatic carbocycles. The molecule has 0 bridgehead atoms. The van der Waals surface area contributed by atoms with Gasteiger partial charge in [0.25, 0.3) is 10.0 Å². The molecular weight excluding hydrogens is 386 g/mol. The number of fused-ring (bicyclic) bond motifs is 1. The predicted molar refractivity (Wildman–Crippen MR) is 94.1 cm³/mol. The van der Waals surface area contributed by atoms with Crippen molar-refractivity contribution < 1.29 is 25.6 Å². The van der Waals surface area contributed by atoms with Crippen LogP contribution in [-0.2, 0) is 26.5 Å². The number of nitrogens with one attached hydrogen (secondary N) is 1. The van der Waals surface area contributed by atoms with Crippen LogP contribution in [0.15, 0.2) is 41.3 Å². The molecule has 0 amide bonds. The molecule has 140 valence electrons. The zero-order valence-electron chi connectivity index (χ0n) is 13.7. The quantitative estimate of drug-likeness (QED) is 0.852. The van der Waals surface area contributed by atoms with Gasteiger partial charge in [0, 0.05) is 12.6 Å². The third-order valence-corrected chi connectivity index (χ3v) is 6.59. The van der Waals surface area contributed by atoms with E-state index < -0.39 is 36.6 Å². The maximum absolute atomic E-state index is 13.8. The van der Waals surface area contributed by atoms with E-state index in [2.05, 4.69) is 4.72 Å². The maximum Gasteiger partial charge on any atom is 0.264 e. The van der Waals surface area contributed by atoms with Crippen LogP contribution >= 0.6 is 0 Å². The highest BCUT2D eigenvalue weighted by molar-refractivity contribution is 7.92. The summed E-state index contributed by atoms with van der Waals surface area (Å²) in [5.74, 6) is -2.10. The molecular formula is C16H16F2N2O4S2. The van der Waals surface area contributed by atoms with Gasteiger partial charge in [-0.2, -0.15) is 0 Å². The molecule has 0 unspecified atom stereocenters. The first-order valence-corrected chi connectivity index (χ1v) is 11.0. The molecule has 1 aliphatic heterocycles. The highest BCUT2D eigenvalue weighted by Crippen LogP contribution is 2.32. The van der Waals surface area contributed by atoms with E-state index in [1.807, 2.05) is 0 Å². The molecule has 3 rings (SSSR count). The molecule has 0 spiro atoms. The van der Waals surface area contributed by atoms with Crippen LogP contribution in [-0.4, -0.2) is 29.6 Å². The Bertz CT molecular complexity index is 1070. The fraction of sp³-hybridized carbons (Fsp3) is 0.250. The van der Waals surface area contributed by atoms with E-state index in [-0.39, 0.29) is 5.69 Å². The van der Waals surface area contributed by atoms with Gasteiger partial charge in [-0.1, -0.05) is 6.07 Å². The summed E-state index contributed by atoms with van der Waals surface area (Å²) in [6.45, 7) is 0.300. The van der Waals surface area contributed by atoms with Gasteiger partial charge in [0.05, 0.1) is 17.6 Å². The molecule has 1 aliphatic rings. The molecule has 0 saturated carbocycles. The first-order chi connectivity index (χ1) is 12.1. The van der Waals surface area contributed by atoms with Gasteiger partial charge in [-0.25, -0.2) is 25.6 Å². The predicted octanol–water partition coefficient (Wildman–Crippen LogP) is 2.48. The van der Waals surface area contributed by atoms with Gasteiger partial charge in [-0.05, 0) is 42.7 Å². The van der Waals surface area contributed by atoms with Crippen molar-refractivity contribution in [1.29, 1.82) is 0 Å². The van der Waals surface area contributed by atoms with E-state index in [0.29, 0.717) is 31.1 Å². The van der Waals surface area contributed by atoms with Crippen LogP contribution in [0.2, 0.25) is 0 Å². The molecule has 0 saturated heterocycles. The van der Waals surface area contributed by atoms with Crippen LogP contribution in [0, 0.1) is 11.6 Å². The van der Waals surface area contributed by atoms with Crippen LogP contribution < -0.4 is 9.03 Å². The molecule has 6 nitrogen and oxygen atoms in total. The third kappa shape index (κ3) is 3.65. The Labute approximate surface area is 150 Å². The summed E-state index contributed by atoms with van der Waals surface area (Å²) in [6.07, 6.45) is 2.40. The first-order valence-electron chi connectivity index (χ1n) is 7.66. The summed E-state index contributed by atoms with van der Waals surface area (Å²) >= 11 is 0. The van der Waals surface area contributed by atoms with E-state index >= 15 is 0 Å². The topological polar surface area (TPSA) is 83.6 Å². The maximum atomic E-state index is 13.8. The molecule has 2 aromatic carbocycles. The Kier molecular flexibility index (Phi) is 4.65. The summed E-state index contributed by atoms with van der Waals surface area (Å²) in [5, 5.41) is 0. The van der Waals surface area contributed by atoms with Gasteiger partial charge < -0.3 is 0 Å². The standard InChI is InChI=1S/C16H16F2N2O4S2/c1-25(21,22)20-8-2-3-11-4-6-13(10-15(11)20)19-26(23,24)16-7-5-12(17)9-14(16)18/h4-7,9-10,19H,2-3,8H2,1H3. The van der Waals surface area contributed by atoms with Crippen LogP contribution in [0.5, 0.6) is 0 Å². The lowest BCUT2D eigenvalue weighted by Gasteiger charge is -2.29. The fourth-order valence-electron chi connectivity index (χ4n) is 2.85. The zero-order chi connectivity index (χ0) is 19.1. The first kappa shape index (κ1) is 18.6. The number of aryl methyl sites for hydroxylation is 1. The lowest BCUT2D eigenvalue weighted by molar-refractivity contribution is 0.551. The van der Waals surface area contributed by atoms with Crippen LogP contribution in [0.3, 0.4) is 0 Å². The summed E-state index contributed by atoms with van der Waals surface area (Å²) in [5.41, 5.74) is 1.25. The third-order valence-electron chi connectivity index (χ3n) is 4.00. The molecule has 26 heavy (non-hydrogen) atoms. The molecule has 0 aromatic heterocycles. The van der Waals surface area contributed by atoms with E-state index in [9.17, 15) is 25.6 Å². The van der Waals surface area contributed by atoms with Gasteiger partial charge in [0.1, 0.15) is 16.5 Å². The van der Waals surface area contributed by atoms with E-state index in [1.54, 1.807) is 6.07 Å². The summed E-state index contributed by atoms with van der Waals surface area (Å²) in [7, 11) is -7.81. The van der Waals surface area contributed by atoms with Crippen molar-refractivity contribution in [1.82, 2.24) is 0 Å². The van der Waals surface area contributed by atoms with Crippen molar-refractivity contribution in [2.24, 2.45) is 0 Å². The highest BCUT2D eigenvalue weighted by atomic mass is 32.2. The van der Waals surface area contributed by atoms with E-state index in [1.165, 1.54) is 16.4 Å². The van der Waals surface area contributed by atoms with Crippen LogP contribution in [0.1, 0.15) is 12.0 Å². The SMILES string of the molecule is CS(=O)(=O)N1CCCc2ccc(NS(=O)(=O)c3ccc(F)cc3F)cc21. The van der Waals surface area contributed by atoms with Gasteiger partial charge >= 0.3 is 0 Å². The largest absolute Gasteiger partial charge is 0.279 e. The highest BCUT2D eigenvalue weighted by Gasteiger charge is 2.25.